The van der Waals surface area contributed by atoms with Gasteiger partial charge in [0.05, 0.1) is 5.39 Å². The first-order valence-corrected chi connectivity index (χ1v) is 12.0. The minimum atomic E-state index is 0.0738. The highest BCUT2D eigenvalue weighted by molar-refractivity contribution is 7.18. The molecule has 3 heterocycles. The molecule has 1 saturated heterocycles. The van der Waals surface area contributed by atoms with Crippen LogP contribution in [0.1, 0.15) is 61.0 Å². The second-order valence-corrected chi connectivity index (χ2v) is 10.2. The Kier molecular flexibility index (Phi) is 6.28. The number of hydrogen-bond donors (Lipinski definition) is 0. The predicted molar refractivity (Wildman–Crippen MR) is 127 cm³/mol. The van der Waals surface area contributed by atoms with E-state index in [9.17, 15) is 9.59 Å². The highest BCUT2D eigenvalue weighted by atomic mass is 32.1. The molecule has 0 atom stereocenters. The topological polar surface area (TPSA) is 55.2 Å². The standard InChI is InChI=1S/C25H31N3O2S/c1-16(2)14-22(29)27-12-10-20(11-13-27)28-21(15-19-8-6-5-7-9-19)26-24-23(25(28)30)17(3)18(4)31-24/h5-9,16,20H,10-15H2,1-4H3. The van der Waals surface area contributed by atoms with Crippen molar-refractivity contribution in [1.82, 2.24) is 14.5 Å². The molecule has 0 saturated carbocycles. The number of fused-ring (bicyclic) bond motifs is 1. The third kappa shape index (κ3) is 4.45. The van der Waals surface area contributed by atoms with Crippen molar-refractivity contribution in [3.63, 3.8) is 0 Å². The normalized spacial score (nSPS) is 15.2. The first kappa shape index (κ1) is 21.8. The van der Waals surface area contributed by atoms with Gasteiger partial charge >= 0.3 is 0 Å². The van der Waals surface area contributed by atoms with Crippen LogP contribution in [0.3, 0.4) is 0 Å². The van der Waals surface area contributed by atoms with E-state index in [4.69, 9.17) is 4.98 Å². The molecule has 3 aromatic rings. The van der Waals surface area contributed by atoms with E-state index in [2.05, 4.69) is 32.9 Å². The van der Waals surface area contributed by atoms with Gasteiger partial charge in [-0.05, 0) is 43.7 Å². The van der Waals surface area contributed by atoms with Gasteiger partial charge in [-0.15, -0.1) is 11.3 Å². The molecule has 31 heavy (non-hydrogen) atoms. The number of carbonyl (C=O) groups excluding carboxylic acids is 1. The average molecular weight is 438 g/mol. The van der Waals surface area contributed by atoms with Crippen molar-refractivity contribution in [3.05, 3.63) is 62.5 Å². The van der Waals surface area contributed by atoms with Crippen LogP contribution < -0.4 is 5.56 Å². The smallest absolute Gasteiger partial charge is 0.262 e. The second kappa shape index (κ2) is 8.95. The number of aryl methyl sites for hydroxylation is 2. The van der Waals surface area contributed by atoms with Gasteiger partial charge in [0.2, 0.25) is 5.91 Å². The molecule has 0 aliphatic carbocycles. The van der Waals surface area contributed by atoms with Crippen LogP contribution in [0.5, 0.6) is 0 Å². The highest BCUT2D eigenvalue weighted by Crippen LogP contribution is 2.30. The molecular formula is C25H31N3O2S. The molecule has 0 spiro atoms. The second-order valence-electron chi connectivity index (χ2n) is 9.04. The largest absolute Gasteiger partial charge is 0.343 e. The highest BCUT2D eigenvalue weighted by Gasteiger charge is 2.28. The zero-order valence-corrected chi connectivity index (χ0v) is 19.7. The summed E-state index contributed by atoms with van der Waals surface area (Å²) in [4.78, 5) is 35.1. The van der Waals surface area contributed by atoms with E-state index in [0.717, 1.165) is 44.9 Å². The van der Waals surface area contributed by atoms with Gasteiger partial charge in [0.25, 0.3) is 5.56 Å². The number of aromatic nitrogens is 2. The van der Waals surface area contributed by atoms with Crippen LogP contribution in [-0.2, 0) is 11.2 Å². The number of nitrogens with zero attached hydrogens (tertiary/aromatic N) is 3. The fourth-order valence-corrected chi connectivity index (χ4v) is 5.52. The maximum atomic E-state index is 13.7. The van der Waals surface area contributed by atoms with Crippen molar-refractivity contribution >= 4 is 27.5 Å². The van der Waals surface area contributed by atoms with Crippen molar-refractivity contribution in [2.75, 3.05) is 13.1 Å². The molecule has 1 aromatic carbocycles. The zero-order chi connectivity index (χ0) is 22.1. The monoisotopic (exact) mass is 437 g/mol. The predicted octanol–water partition coefficient (Wildman–Crippen LogP) is 4.88. The van der Waals surface area contributed by atoms with Gasteiger partial charge in [-0.3, -0.25) is 14.2 Å². The number of hydrogen-bond acceptors (Lipinski definition) is 4. The fourth-order valence-electron chi connectivity index (χ4n) is 4.48. The Morgan fingerprint density at radius 1 is 1.16 bits per heavy atom. The van der Waals surface area contributed by atoms with E-state index in [1.807, 2.05) is 34.6 Å². The molecular weight excluding hydrogens is 406 g/mol. The third-order valence-electron chi connectivity index (χ3n) is 6.28. The van der Waals surface area contributed by atoms with Crippen LogP contribution in [0.4, 0.5) is 0 Å². The summed E-state index contributed by atoms with van der Waals surface area (Å²) in [5.41, 5.74) is 2.27. The molecule has 0 radical (unpaired) electrons. The van der Waals surface area contributed by atoms with E-state index in [-0.39, 0.29) is 17.5 Å². The van der Waals surface area contributed by atoms with Gasteiger partial charge in [-0.25, -0.2) is 4.98 Å². The van der Waals surface area contributed by atoms with Gasteiger partial charge in [-0.2, -0.15) is 0 Å². The summed E-state index contributed by atoms with van der Waals surface area (Å²) in [6.07, 6.45) is 2.81. The Balaban J connectivity index is 1.69. The van der Waals surface area contributed by atoms with Crippen molar-refractivity contribution in [3.8, 4) is 0 Å². The molecule has 1 aliphatic heterocycles. The lowest BCUT2D eigenvalue weighted by Gasteiger charge is -2.34. The van der Waals surface area contributed by atoms with Gasteiger partial charge in [0, 0.05) is 36.9 Å². The van der Waals surface area contributed by atoms with Crippen molar-refractivity contribution in [1.29, 1.82) is 0 Å². The summed E-state index contributed by atoms with van der Waals surface area (Å²) < 4.78 is 1.94. The molecule has 164 valence electrons. The number of amides is 1. The summed E-state index contributed by atoms with van der Waals surface area (Å²) in [7, 11) is 0. The van der Waals surface area contributed by atoms with E-state index >= 15 is 0 Å². The summed E-state index contributed by atoms with van der Waals surface area (Å²) in [5, 5.41) is 0.762. The molecule has 1 aliphatic rings. The molecule has 1 amide bonds. The fraction of sp³-hybridized carbons (Fsp3) is 0.480. The van der Waals surface area contributed by atoms with Crippen LogP contribution in [0.2, 0.25) is 0 Å². The number of thiophene rings is 1. The average Bonchev–Trinajstić information content (AvgIpc) is 3.02. The Hall–Kier alpha value is -2.47. The van der Waals surface area contributed by atoms with Crippen molar-refractivity contribution < 1.29 is 4.79 Å². The molecule has 0 unspecified atom stereocenters. The van der Waals surface area contributed by atoms with Crippen molar-refractivity contribution in [2.24, 2.45) is 5.92 Å². The maximum Gasteiger partial charge on any atom is 0.262 e. The Bertz CT molecular complexity index is 1140. The molecule has 0 bridgehead atoms. The molecule has 0 N–H and O–H groups in total. The van der Waals surface area contributed by atoms with Crippen LogP contribution >= 0.6 is 11.3 Å². The Morgan fingerprint density at radius 3 is 2.48 bits per heavy atom. The minimum absolute atomic E-state index is 0.0738. The Morgan fingerprint density at radius 2 is 1.84 bits per heavy atom. The maximum absolute atomic E-state index is 13.7. The summed E-state index contributed by atoms with van der Waals surface area (Å²) in [6, 6.07) is 10.3. The number of likely N-dealkylation sites (tertiary alicyclic amines) is 1. The SMILES string of the molecule is Cc1sc2nc(Cc3ccccc3)n(C3CCN(C(=O)CC(C)C)CC3)c(=O)c2c1C. The molecule has 1 fully saturated rings. The van der Waals surface area contributed by atoms with Gasteiger partial charge < -0.3 is 4.90 Å². The molecule has 4 rings (SSSR count). The number of rotatable bonds is 5. The number of piperidine rings is 1. The molecule has 6 heteroatoms. The van der Waals surface area contributed by atoms with E-state index in [0.29, 0.717) is 31.8 Å². The lowest BCUT2D eigenvalue weighted by molar-refractivity contribution is -0.133. The van der Waals surface area contributed by atoms with Crippen LogP contribution in [-0.4, -0.2) is 33.4 Å². The first-order valence-electron chi connectivity index (χ1n) is 11.2. The first-order chi connectivity index (χ1) is 14.8. The summed E-state index contributed by atoms with van der Waals surface area (Å²) >= 11 is 1.61. The number of carbonyl (C=O) groups is 1. The molecule has 2 aromatic heterocycles. The van der Waals surface area contributed by atoms with Gasteiger partial charge in [0.15, 0.2) is 0 Å². The third-order valence-corrected chi connectivity index (χ3v) is 7.38. The summed E-state index contributed by atoms with van der Waals surface area (Å²) in [6.45, 7) is 9.63. The zero-order valence-electron chi connectivity index (χ0n) is 18.9. The van der Waals surface area contributed by atoms with Crippen LogP contribution in [0.25, 0.3) is 10.2 Å². The lowest BCUT2D eigenvalue weighted by Crippen LogP contribution is -2.42. The van der Waals surface area contributed by atoms with Crippen molar-refractivity contribution in [2.45, 2.75) is 59.4 Å². The van der Waals surface area contributed by atoms with Crippen LogP contribution in [0.15, 0.2) is 35.1 Å². The number of benzene rings is 1. The summed E-state index contributed by atoms with van der Waals surface area (Å²) in [5.74, 6) is 1.42. The minimum Gasteiger partial charge on any atom is -0.343 e. The van der Waals surface area contributed by atoms with Gasteiger partial charge in [0.1, 0.15) is 10.7 Å². The van der Waals surface area contributed by atoms with Gasteiger partial charge in [-0.1, -0.05) is 44.2 Å². The van der Waals surface area contributed by atoms with E-state index < -0.39 is 0 Å². The quantitative estimate of drug-likeness (QED) is 0.572. The van der Waals surface area contributed by atoms with Crippen LogP contribution in [0, 0.1) is 19.8 Å². The van der Waals surface area contributed by atoms with E-state index in [1.54, 1.807) is 11.3 Å². The molecule has 5 nitrogen and oxygen atoms in total. The lowest BCUT2D eigenvalue weighted by atomic mass is 10.0. The Labute approximate surface area is 187 Å². The van der Waals surface area contributed by atoms with E-state index in [1.165, 1.54) is 0 Å².